The number of benzene rings is 2. The molecule has 19 heavy (non-hydrogen) atoms. The first kappa shape index (κ1) is 14.0. The SMILES string of the molecule is CCOP(=O)(c1ccccc1)c1ccccc1CC. The molecular formula is C16H19O2P. The molecule has 0 radical (unpaired) electrons. The molecule has 0 N–H and O–H groups in total. The van der Waals surface area contributed by atoms with Crippen LogP contribution in [0.2, 0.25) is 0 Å². The molecule has 100 valence electrons. The first-order valence-corrected chi connectivity index (χ1v) is 8.23. The van der Waals surface area contributed by atoms with Crippen LogP contribution in [-0.2, 0) is 15.5 Å². The highest BCUT2D eigenvalue weighted by Crippen LogP contribution is 2.45. The number of hydrogen-bond donors (Lipinski definition) is 0. The average molecular weight is 274 g/mol. The average Bonchev–Trinajstić information content (AvgIpc) is 2.48. The van der Waals surface area contributed by atoms with Crippen molar-refractivity contribution >= 4 is 18.0 Å². The quantitative estimate of drug-likeness (QED) is 0.780. The van der Waals surface area contributed by atoms with E-state index in [0.717, 1.165) is 22.6 Å². The Kier molecular flexibility index (Phi) is 4.57. The molecule has 3 heteroatoms. The van der Waals surface area contributed by atoms with E-state index in [1.807, 2.05) is 61.5 Å². The lowest BCUT2D eigenvalue weighted by molar-refractivity contribution is 0.348. The second kappa shape index (κ2) is 6.18. The first-order valence-electron chi connectivity index (χ1n) is 6.61. The van der Waals surface area contributed by atoms with Gasteiger partial charge in [-0.25, -0.2) is 0 Å². The van der Waals surface area contributed by atoms with Gasteiger partial charge in [0.25, 0.3) is 7.37 Å². The van der Waals surface area contributed by atoms with E-state index in [2.05, 4.69) is 6.92 Å². The predicted octanol–water partition coefficient (Wildman–Crippen LogP) is 3.51. The maximum absolute atomic E-state index is 13.4. The van der Waals surface area contributed by atoms with Crippen LogP contribution in [0.3, 0.4) is 0 Å². The third-order valence-corrected chi connectivity index (χ3v) is 5.77. The third-order valence-electron chi connectivity index (χ3n) is 3.10. The van der Waals surface area contributed by atoms with E-state index in [-0.39, 0.29) is 0 Å². The fraction of sp³-hybridized carbons (Fsp3) is 0.250. The molecule has 2 aromatic carbocycles. The summed E-state index contributed by atoms with van der Waals surface area (Å²) in [6, 6.07) is 17.3. The monoisotopic (exact) mass is 274 g/mol. The van der Waals surface area contributed by atoms with E-state index in [9.17, 15) is 4.57 Å². The van der Waals surface area contributed by atoms with E-state index >= 15 is 0 Å². The van der Waals surface area contributed by atoms with Crippen LogP contribution in [0, 0.1) is 0 Å². The fourth-order valence-electron chi connectivity index (χ4n) is 2.19. The molecule has 0 aromatic heterocycles. The van der Waals surface area contributed by atoms with E-state index in [4.69, 9.17) is 4.52 Å². The molecule has 2 nitrogen and oxygen atoms in total. The van der Waals surface area contributed by atoms with Crippen LogP contribution in [0.4, 0.5) is 0 Å². The Morgan fingerprint density at radius 3 is 2.21 bits per heavy atom. The zero-order valence-corrected chi connectivity index (χ0v) is 12.3. The van der Waals surface area contributed by atoms with Gasteiger partial charge in [-0.3, -0.25) is 4.57 Å². The molecule has 2 rings (SSSR count). The van der Waals surface area contributed by atoms with E-state index in [0.29, 0.717) is 6.61 Å². The summed E-state index contributed by atoms with van der Waals surface area (Å²) < 4.78 is 19.1. The zero-order chi connectivity index (χ0) is 13.7. The fourth-order valence-corrected chi connectivity index (χ4v) is 4.57. The van der Waals surface area contributed by atoms with Crippen LogP contribution in [0.15, 0.2) is 54.6 Å². The highest BCUT2D eigenvalue weighted by Gasteiger charge is 2.29. The van der Waals surface area contributed by atoms with Crippen LogP contribution in [0.5, 0.6) is 0 Å². The molecule has 0 aliphatic heterocycles. The standard InChI is InChI=1S/C16H19O2P/c1-3-14-10-8-9-13-16(14)19(17,18-4-2)15-11-6-5-7-12-15/h5-13H,3-4H2,1-2H3. The Balaban J connectivity index is 2.60. The minimum atomic E-state index is -2.98. The maximum atomic E-state index is 13.4. The van der Waals surface area contributed by atoms with Crippen LogP contribution >= 0.6 is 7.37 Å². The van der Waals surface area contributed by atoms with Crippen LogP contribution in [-0.4, -0.2) is 6.61 Å². The van der Waals surface area contributed by atoms with Gasteiger partial charge in [0.2, 0.25) is 0 Å². The van der Waals surface area contributed by atoms with Crippen molar-refractivity contribution in [3.05, 3.63) is 60.2 Å². The molecule has 0 bridgehead atoms. The molecule has 1 atom stereocenters. The smallest absolute Gasteiger partial charge is 0.261 e. The van der Waals surface area contributed by atoms with Crippen LogP contribution in [0.1, 0.15) is 19.4 Å². The zero-order valence-electron chi connectivity index (χ0n) is 11.4. The summed E-state index contributed by atoms with van der Waals surface area (Å²) in [7, 11) is -2.98. The number of rotatable bonds is 5. The summed E-state index contributed by atoms with van der Waals surface area (Å²) in [6.45, 7) is 4.38. The van der Waals surface area contributed by atoms with E-state index in [1.165, 1.54) is 0 Å². The summed E-state index contributed by atoms with van der Waals surface area (Å²) in [5.74, 6) is 0. The number of aryl methyl sites for hydroxylation is 1. The van der Waals surface area contributed by atoms with E-state index in [1.54, 1.807) is 0 Å². The second-order valence-corrected chi connectivity index (χ2v) is 6.65. The van der Waals surface area contributed by atoms with Gasteiger partial charge < -0.3 is 4.52 Å². The molecule has 0 aliphatic rings. The Morgan fingerprint density at radius 2 is 1.58 bits per heavy atom. The molecule has 0 saturated carbocycles. The second-order valence-electron chi connectivity index (χ2n) is 4.29. The van der Waals surface area contributed by atoms with Crippen LogP contribution < -0.4 is 10.6 Å². The minimum absolute atomic E-state index is 0.435. The van der Waals surface area contributed by atoms with Gasteiger partial charge in [-0.15, -0.1) is 0 Å². The highest BCUT2D eigenvalue weighted by atomic mass is 31.2. The normalized spacial score (nSPS) is 14.0. The molecule has 0 heterocycles. The molecule has 0 saturated heterocycles. The van der Waals surface area contributed by atoms with Crippen molar-refractivity contribution in [3.8, 4) is 0 Å². The summed E-state index contributed by atoms with van der Waals surface area (Å²) in [5, 5.41) is 1.59. The van der Waals surface area contributed by atoms with Gasteiger partial charge in [-0.1, -0.05) is 43.3 Å². The Bertz CT molecular complexity index is 578. The van der Waals surface area contributed by atoms with Crippen molar-refractivity contribution < 1.29 is 9.09 Å². The predicted molar refractivity (Wildman–Crippen MR) is 80.8 cm³/mol. The Hall–Kier alpha value is -1.37. The van der Waals surface area contributed by atoms with Gasteiger partial charge in [-0.2, -0.15) is 0 Å². The van der Waals surface area contributed by atoms with Crippen molar-refractivity contribution in [3.63, 3.8) is 0 Å². The van der Waals surface area contributed by atoms with Gasteiger partial charge in [0.1, 0.15) is 0 Å². The van der Waals surface area contributed by atoms with Gasteiger partial charge in [0.15, 0.2) is 0 Å². The maximum Gasteiger partial charge on any atom is 0.261 e. The van der Waals surface area contributed by atoms with Gasteiger partial charge >= 0.3 is 0 Å². The van der Waals surface area contributed by atoms with E-state index < -0.39 is 7.37 Å². The molecule has 1 unspecified atom stereocenters. The van der Waals surface area contributed by atoms with Gasteiger partial charge in [-0.05, 0) is 37.1 Å². The number of hydrogen-bond acceptors (Lipinski definition) is 2. The summed E-state index contributed by atoms with van der Waals surface area (Å²) in [5.41, 5.74) is 1.09. The van der Waals surface area contributed by atoms with Crippen molar-refractivity contribution in [1.82, 2.24) is 0 Å². The minimum Gasteiger partial charge on any atom is -0.322 e. The highest BCUT2D eigenvalue weighted by molar-refractivity contribution is 7.74. The van der Waals surface area contributed by atoms with Crippen molar-refractivity contribution in [1.29, 1.82) is 0 Å². The Morgan fingerprint density at radius 1 is 0.947 bits per heavy atom. The molecule has 0 amide bonds. The van der Waals surface area contributed by atoms with Crippen LogP contribution in [0.25, 0.3) is 0 Å². The molecule has 0 aliphatic carbocycles. The molecular weight excluding hydrogens is 255 g/mol. The first-order chi connectivity index (χ1) is 9.22. The van der Waals surface area contributed by atoms with Crippen molar-refractivity contribution in [2.45, 2.75) is 20.3 Å². The molecule has 2 aromatic rings. The van der Waals surface area contributed by atoms with Crippen molar-refractivity contribution in [2.75, 3.05) is 6.61 Å². The molecule has 0 spiro atoms. The van der Waals surface area contributed by atoms with Gasteiger partial charge in [0, 0.05) is 10.6 Å². The summed E-state index contributed by atoms with van der Waals surface area (Å²) in [4.78, 5) is 0. The lowest BCUT2D eigenvalue weighted by Crippen LogP contribution is -2.21. The topological polar surface area (TPSA) is 26.3 Å². The molecule has 0 fully saturated rings. The largest absolute Gasteiger partial charge is 0.322 e. The van der Waals surface area contributed by atoms with Gasteiger partial charge in [0.05, 0.1) is 6.61 Å². The lowest BCUT2D eigenvalue weighted by atomic mass is 10.2. The van der Waals surface area contributed by atoms with Crippen molar-refractivity contribution in [2.24, 2.45) is 0 Å². The summed E-state index contributed by atoms with van der Waals surface area (Å²) in [6.07, 6.45) is 0.847. The lowest BCUT2D eigenvalue weighted by Gasteiger charge is -2.21. The Labute approximate surface area is 114 Å². The third kappa shape index (κ3) is 2.80. The summed E-state index contributed by atoms with van der Waals surface area (Å²) >= 11 is 0.